The molecular weight excluding hydrogens is 408 g/mol. The number of ether oxygens (including phenoxy) is 3. The third kappa shape index (κ3) is 5.43. The number of aryl methyl sites for hydroxylation is 2. The van der Waals surface area contributed by atoms with Gasteiger partial charge in [0.25, 0.3) is 0 Å². The van der Waals surface area contributed by atoms with Crippen molar-refractivity contribution in [3.05, 3.63) is 35.9 Å². The van der Waals surface area contributed by atoms with Crippen molar-refractivity contribution in [1.82, 2.24) is 14.9 Å². The van der Waals surface area contributed by atoms with Crippen molar-refractivity contribution >= 4 is 11.6 Å². The van der Waals surface area contributed by atoms with Crippen LogP contribution in [-0.4, -0.2) is 72.9 Å². The van der Waals surface area contributed by atoms with E-state index in [-0.39, 0.29) is 17.9 Å². The highest BCUT2D eigenvalue weighted by Gasteiger charge is 2.44. The minimum atomic E-state index is -0.0774. The van der Waals surface area contributed by atoms with Gasteiger partial charge in [0.05, 0.1) is 25.2 Å². The Bertz CT molecular complexity index is 925. The average Bonchev–Trinajstić information content (AvgIpc) is 3.55. The van der Waals surface area contributed by atoms with E-state index >= 15 is 0 Å². The zero-order valence-corrected chi connectivity index (χ0v) is 19.1. The normalized spacial score (nSPS) is 20.7. The van der Waals surface area contributed by atoms with Gasteiger partial charge in [-0.2, -0.15) is 0 Å². The Kier molecular flexibility index (Phi) is 7.34. The Labute approximate surface area is 189 Å². The second-order valence-corrected chi connectivity index (χ2v) is 8.26. The second kappa shape index (κ2) is 10.4. The van der Waals surface area contributed by atoms with Gasteiger partial charge >= 0.3 is 0 Å². The summed E-state index contributed by atoms with van der Waals surface area (Å²) in [5, 5.41) is 3.04. The van der Waals surface area contributed by atoms with Crippen LogP contribution in [0.5, 0.6) is 5.75 Å². The van der Waals surface area contributed by atoms with Crippen LogP contribution in [0, 0.1) is 19.8 Å². The summed E-state index contributed by atoms with van der Waals surface area (Å²) in [4.78, 5) is 23.7. The molecule has 8 nitrogen and oxygen atoms in total. The molecule has 1 amide bonds. The van der Waals surface area contributed by atoms with Crippen molar-refractivity contribution in [3.8, 4) is 16.9 Å². The highest BCUT2D eigenvalue weighted by molar-refractivity contribution is 5.95. The number of hydrogen-bond acceptors (Lipinski definition) is 7. The fourth-order valence-corrected chi connectivity index (χ4v) is 4.10. The van der Waals surface area contributed by atoms with E-state index < -0.39 is 0 Å². The average molecular weight is 441 g/mol. The van der Waals surface area contributed by atoms with E-state index in [0.29, 0.717) is 13.2 Å². The Morgan fingerprint density at radius 1 is 1.22 bits per heavy atom. The molecule has 4 rings (SSSR count). The zero-order chi connectivity index (χ0) is 22.5. The lowest BCUT2D eigenvalue weighted by molar-refractivity contribution is -0.118. The van der Waals surface area contributed by atoms with Crippen molar-refractivity contribution in [3.63, 3.8) is 0 Å². The molecule has 1 N–H and O–H groups in total. The molecule has 1 aromatic heterocycles. The lowest BCUT2D eigenvalue weighted by atomic mass is 10.0. The van der Waals surface area contributed by atoms with Gasteiger partial charge in [-0.15, -0.1) is 0 Å². The molecule has 0 spiro atoms. The molecule has 1 saturated heterocycles. The maximum absolute atomic E-state index is 12.6. The van der Waals surface area contributed by atoms with Crippen LogP contribution in [0.2, 0.25) is 0 Å². The number of aromatic nitrogens is 2. The summed E-state index contributed by atoms with van der Waals surface area (Å²) in [5.74, 6) is 0.676. The molecule has 0 bridgehead atoms. The SMILES string of the molecule is CCOC1CC1C(=O)Nc1ccc(OCCN2CCOCC2)c(-c2c(C)ncnc2C)c1. The molecule has 2 aromatic rings. The number of benzene rings is 1. The summed E-state index contributed by atoms with van der Waals surface area (Å²) < 4.78 is 17.2. The van der Waals surface area contributed by atoms with E-state index in [9.17, 15) is 4.79 Å². The van der Waals surface area contributed by atoms with E-state index in [0.717, 1.165) is 73.2 Å². The van der Waals surface area contributed by atoms with Crippen LogP contribution in [0.15, 0.2) is 24.5 Å². The highest BCUT2D eigenvalue weighted by Crippen LogP contribution is 2.38. The van der Waals surface area contributed by atoms with Crippen molar-refractivity contribution in [2.24, 2.45) is 5.92 Å². The molecule has 2 unspecified atom stereocenters. The van der Waals surface area contributed by atoms with E-state index in [1.54, 1.807) is 6.33 Å². The summed E-state index contributed by atoms with van der Waals surface area (Å²) in [5.41, 5.74) is 4.30. The van der Waals surface area contributed by atoms with Gasteiger partial charge in [-0.05, 0) is 45.4 Å². The number of amides is 1. The van der Waals surface area contributed by atoms with E-state index in [1.165, 1.54) is 0 Å². The number of rotatable bonds is 9. The first-order valence-corrected chi connectivity index (χ1v) is 11.3. The molecule has 2 atom stereocenters. The second-order valence-electron chi connectivity index (χ2n) is 8.26. The Morgan fingerprint density at radius 2 is 1.97 bits per heavy atom. The van der Waals surface area contributed by atoms with Crippen LogP contribution in [-0.2, 0) is 14.3 Å². The molecule has 32 heavy (non-hydrogen) atoms. The number of carbonyl (C=O) groups is 1. The van der Waals surface area contributed by atoms with E-state index in [4.69, 9.17) is 14.2 Å². The van der Waals surface area contributed by atoms with E-state index in [2.05, 4.69) is 20.2 Å². The van der Waals surface area contributed by atoms with Crippen molar-refractivity contribution < 1.29 is 19.0 Å². The first-order valence-electron chi connectivity index (χ1n) is 11.3. The fraction of sp³-hybridized carbons (Fsp3) is 0.542. The summed E-state index contributed by atoms with van der Waals surface area (Å²) >= 11 is 0. The monoisotopic (exact) mass is 440 g/mol. The smallest absolute Gasteiger partial charge is 0.230 e. The van der Waals surface area contributed by atoms with Gasteiger partial charge in [-0.1, -0.05) is 0 Å². The van der Waals surface area contributed by atoms with Crippen molar-refractivity contribution in [2.45, 2.75) is 33.3 Å². The Morgan fingerprint density at radius 3 is 2.69 bits per heavy atom. The molecule has 172 valence electrons. The molecule has 1 aliphatic heterocycles. The lowest BCUT2D eigenvalue weighted by Crippen LogP contribution is -2.38. The molecule has 8 heteroatoms. The number of carbonyl (C=O) groups excluding carboxylic acids is 1. The predicted molar refractivity (Wildman–Crippen MR) is 122 cm³/mol. The zero-order valence-electron chi connectivity index (χ0n) is 19.1. The van der Waals surface area contributed by atoms with Crippen molar-refractivity contribution in [1.29, 1.82) is 0 Å². The van der Waals surface area contributed by atoms with Gasteiger partial charge in [0.1, 0.15) is 18.7 Å². The molecule has 2 heterocycles. The molecule has 2 fully saturated rings. The number of anilines is 1. The molecule has 1 aliphatic carbocycles. The standard InChI is InChI=1S/C24H32N4O4/c1-4-31-22-14-20(22)24(29)27-18-5-6-21(32-12-9-28-7-10-30-11-8-28)19(13-18)23-16(2)25-15-26-17(23)3/h5-6,13,15,20,22H,4,7-12,14H2,1-3H3,(H,27,29). The first-order chi connectivity index (χ1) is 15.6. The van der Waals surface area contributed by atoms with Crippen LogP contribution >= 0.6 is 0 Å². The lowest BCUT2D eigenvalue weighted by Gasteiger charge is -2.26. The van der Waals surface area contributed by atoms with Gasteiger partial charge in [-0.25, -0.2) is 9.97 Å². The summed E-state index contributed by atoms with van der Waals surface area (Å²) in [6.07, 6.45) is 2.38. The Hall–Kier alpha value is -2.55. The number of nitrogens with zero attached hydrogens (tertiary/aromatic N) is 3. The van der Waals surface area contributed by atoms with E-state index in [1.807, 2.05) is 39.0 Å². The third-order valence-electron chi connectivity index (χ3n) is 5.96. The molecule has 1 aromatic carbocycles. The largest absolute Gasteiger partial charge is 0.492 e. The van der Waals surface area contributed by atoms with Crippen LogP contribution < -0.4 is 10.1 Å². The minimum absolute atomic E-state index is 0.00635. The first kappa shape index (κ1) is 22.6. The van der Waals surface area contributed by atoms with Crippen LogP contribution in [0.4, 0.5) is 5.69 Å². The van der Waals surface area contributed by atoms with Crippen LogP contribution in [0.3, 0.4) is 0 Å². The molecule has 1 saturated carbocycles. The predicted octanol–water partition coefficient (Wildman–Crippen LogP) is 2.83. The quantitative estimate of drug-likeness (QED) is 0.642. The van der Waals surface area contributed by atoms with Crippen LogP contribution in [0.1, 0.15) is 24.7 Å². The Balaban J connectivity index is 1.52. The van der Waals surface area contributed by atoms with Gasteiger partial charge in [0, 0.05) is 54.4 Å². The summed E-state index contributed by atoms with van der Waals surface area (Å²) in [7, 11) is 0. The minimum Gasteiger partial charge on any atom is -0.492 e. The maximum Gasteiger partial charge on any atom is 0.230 e. The topological polar surface area (TPSA) is 85.8 Å². The fourth-order valence-electron chi connectivity index (χ4n) is 4.10. The molecular formula is C24H32N4O4. The summed E-state index contributed by atoms with van der Waals surface area (Å²) in [6, 6.07) is 5.76. The third-order valence-corrected chi connectivity index (χ3v) is 5.96. The van der Waals surface area contributed by atoms with Crippen molar-refractivity contribution in [2.75, 3.05) is 51.4 Å². The molecule has 2 aliphatic rings. The van der Waals surface area contributed by atoms with Gasteiger partial charge in [0.15, 0.2) is 0 Å². The highest BCUT2D eigenvalue weighted by atomic mass is 16.5. The number of nitrogens with one attached hydrogen (secondary N) is 1. The van der Waals surface area contributed by atoms with Gasteiger partial charge < -0.3 is 19.5 Å². The number of hydrogen-bond donors (Lipinski definition) is 1. The maximum atomic E-state index is 12.6. The van der Waals surface area contributed by atoms with Gasteiger partial charge in [0.2, 0.25) is 5.91 Å². The number of morpholine rings is 1. The van der Waals surface area contributed by atoms with Crippen LogP contribution in [0.25, 0.3) is 11.1 Å². The van der Waals surface area contributed by atoms with Gasteiger partial charge in [-0.3, -0.25) is 9.69 Å². The molecule has 0 radical (unpaired) electrons. The summed E-state index contributed by atoms with van der Waals surface area (Å²) in [6.45, 7) is 11.3.